The number of rotatable bonds is 7. The third-order valence-electron chi connectivity index (χ3n) is 2.40. The Morgan fingerprint density at radius 2 is 1.86 bits per heavy atom. The third-order valence-corrected chi connectivity index (χ3v) is 3.48. The van der Waals surface area contributed by atoms with Crippen LogP contribution in [-0.4, -0.2) is 42.0 Å². The summed E-state index contributed by atoms with van der Waals surface area (Å²) in [5.41, 5.74) is -0.0343. The van der Waals surface area contributed by atoms with E-state index in [0.29, 0.717) is 5.13 Å². The maximum absolute atomic E-state index is 11.8. The molecule has 8 heteroatoms. The Morgan fingerprint density at radius 1 is 1.24 bits per heavy atom. The summed E-state index contributed by atoms with van der Waals surface area (Å²) in [6.45, 7) is 6.79. The molecule has 7 nitrogen and oxygen atoms in total. The normalized spacial score (nSPS) is 11.6. The smallest absolute Gasteiger partial charge is 0.358 e. The summed E-state index contributed by atoms with van der Waals surface area (Å²) in [5.74, 6) is -1.38. The molecule has 0 amide bonds. The molecule has 0 aliphatic carbocycles. The van der Waals surface area contributed by atoms with E-state index in [1.165, 1.54) is 6.92 Å². The lowest BCUT2D eigenvalue weighted by atomic mass is 10.3. The molecule has 21 heavy (non-hydrogen) atoms. The van der Waals surface area contributed by atoms with E-state index in [9.17, 15) is 14.4 Å². The molecule has 1 atom stereocenters. The maximum atomic E-state index is 11.8. The highest BCUT2D eigenvalue weighted by molar-refractivity contribution is 7.17. The SMILES string of the molecule is CCOC(=O)c1nc(NC(C)C(=O)OCC)sc1C(C)=O. The van der Waals surface area contributed by atoms with Crippen molar-refractivity contribution in [1.29, 1.82) is 0 Å². The summed E-state index contributed by atoms with van der Waals surface area (Å²) < 4.78 is 9.72. The molecule has 0 radical (unpaired) electrons. The number of Topliss-reactive ketones (excluding diaryl/α,β-unsaturated/α-hetero) is 1. The molecule has 0 fully saturated rings. The molecule has 116 valence electrons. The Balaban J connectivity index is 2.94. The summed E-state index contributed by atoms with van der Waals surface area (Å²) in [6.07, 6.45) is 0. The van der Waals surface area contributed by atoms with Crippen LogP contribution in [0.4, 0.5) is 5.13 Å². The van der Waals surface area contributed by atoms with Gasteiger partial charge in [-0.15, -0.1) is 0 Å². The minimum absolute atomic E-state index is 0.0343. The van der Waals surface area contributed by atoms with E-state index in [4.69, 9.17) is 9.47 Å². The number of thiazole rings is 1. The van der Waals surface area contributed by atoms with E-state index in [0.717, 1.165) is 11.3 Å². The second-order valence-electron chi connectivity index (χ2n) is 4.09. The molecular formula is C13H18N2O5S. The van der Waals surface area contributed by atoms with Crippen LogP contribution in [0.5, 0.6) is 0 Å². The van der Waals surface area contributed by atoms with Crippen LogP contribution >= 0.6 is 11.3 Å². The van der Waals surface area contributed by atoms with Gasteiger partial charge in [0.1, 0.15) is 10.9 Å². The first kappa shape index (κ1) is 17.1. The van der Waals surface area contributed by atoms with Gasteiger partial charge in [-0.2, -0.15) is 0 Å². The molecule has 1 aromatic heterocycles. The lowest BCUT2D eigenvalue weighted by Gasteiger charge is -2.10. The monoisotopic (exact) mass is 314 g/mol. The molecule has 1 unspecified atom stereocenters. The summed E-state index contributed by atoms with van der Waals surface area (Å²) in [5, 5.41) is 3.11. The van der Waals surface area contributed by atoms with Gasteiger partial charge in [0, 0.05) is 6.92 Å². The van der Waals surface area contributed by atoms with Crippen LogP contribution in [0, 0.1) is 0 Å². The standard InChI is InChI=1S/C13H18N2O5S/c1-5-19-11(17)7(3)14-13-15-9(12(18)20-6-2)10(21-13)8(4)16/h7H,5-6H2,1-4H3,(H,14,15). The van der Waals surface area contributed by atoms with Crippen molar-refractivity contribution in [3.05, 3.63) is 10.6 Å². The van der Waals surface area contributed by atoms with Gasteiger partial charge in [0.2, 0.25) is 0 Å². The lowest BCUT2D eigenvalue weighted by molar-refractivity contribution is -0.143. The third kappa shape index (κ3) is 4.52. The number of carbonyl (C=O) groups excluding carboxylic acids is 3. The molecule has 1 heterocycles. The van der Waals surface area contributed by atoms with E-state index in [1.807, 2.05) is 0 Å². The van der Waals surface area contributed by atoms with Crippen molar-refractivity contribution in [1.82, 2.24) is 4.98 Å². The summed E-state index contributed by atoms with van der Waals surface area (Å²) in [4.78, 5) is 39.1. The Hall–Kier alpha value is -1.96. The predicted molar refractivity (Wildman–Crippen MR) is 77.8 cm³/mol. The number of nitrogens with zero attached hydrogens (tertiary/aromatic N) is 1. The zero-order chi connectivity index (χ0) is 16.0. The van der Waals surface area contributed by atoms with Crippen molar-refractivity contribution in [3.63, 3.8) is 0 Å². The van der Waals surface area contributed by atoms with E-state index in [2.05, 4.69) is 10.3 Å². The summed E-state index contributed by atoms with van der Waals surface area (Å²) >= 11 is 1.01. The zero-order valence-corrected chi connectivity index (χ0v) is 13.2. The molecule has 0 aliphatic rings. The number of hydrogen-bond donors (Lipinski definition) is 1. The molecule has 1 rings (SSSR count). The number of anilines is 1. The Morgan fingerprint density at radius 3 is 2.38 bits per heavy atom. The number of aromatic nitrogens is 1. The number of hydrogen-bond acceptors (Lipinski definition) is 8. The first-order valence-electron chi connectivity index (χ1n) is 6.52. The summed E-state index contributed by atoms with van der Waals surface area (Å²) in [7, 11) is 0. The van der Waals surface area contributed by atoms with Crippen molar-refractivity contribution < 1.29 is 23.9 Å². The number of carbonyl (C=O) groups is 3. The number of nitrogens with one attached hydrogen (secondary N) is 1. The van der Waals surface area contributed by atoms with Crippen molar-refractivity contribution in [2.24, 2.45) is 0 Å². The number of ketones is 1. The van der Waals surface area contributed by atoms with Gasteiger partial charge < -0.3 is 14.8 Å². The lowest BCUT2D eigenvalue weighted by Crippen LogP contribution is -2.28. The van der Waals surface area contributed by atoms with Gasteiger partial charge in [-0.1, -0.05) is 11.3 Å². The molecule has 1 N–H and O–H groups in total. The molecule has 0 saturated heterocycles. The molecule has 0 saturated carbocycles. The first-order valence-corrected chi connectivity index (χ1v) is 7.34. The minimum Gasteiger partial charge on any atom is -0.464 e. The van der Waals surface area contributed by atoms with Crippen LogP contribution in [0.1, 0.15) is 47.9 Å². The zero-order valence-electron chi connectivity index (χ0n) is 12.4. The molecule has 1 aromatic rings. The van der Waals surface area contributed by atoms with Crippen molar-refractivity contribution in [2.75, 3.05) is 18.5 Å². The van der Waals surface area contributed by atoms with Crippen LogP contribution in [0.25, 0.3) is 0 Å². The van der Waals surface area contributed by atoms with Gasteiger partial charge >= 0.3 is 11.9 Å². The largest absolute Gasteiger partial charge is 0.464 e. The van der Waals surface area contributed by atoms with Gasteiger partial charge in [-0.25, -0.2) is 14.6 Å². The number of ether oxygens (including phenoxy) is 2. The molecule has 0 aliphatic heterocycles. The van der Waals surface area contributed by atoms with Gasteiger partial charge in [0.05, 0.1) is 13.2 Å². The fourth-order valence-electron chi connectivity index (χ4n) is 1.47. The molecular weight excluding hydrogens is 296 g/mol. The minimum atomic E-state index is -0.657. The Kier molecular flexibility index (Phi) is 6.29. The summed E-state index contributed by atoms with van der Waals surface area (Å²) in [6, 6.07) is -0.633. The maximum Gasteiger partial charge on any atom is 0.358 e. The van der Waals surface area contributed by atoms with E-state index >= 15 is 0 Å². The Labute approximate surface area is 126 Å². The average molecular weight is 314 g/mol. The second kappa shape index (κ2) is 7.72. The Bertz CT molecular complexity index is 541. The highest BCUT2D eigenvalue weighted by atomic mass is 32.1. The van der Waals surface area contributed by atoms with E-state index < -0.39 is 18.0 Å². The van der Waals surface area contributed by atoms with E-state index in [1.54, 1.807) is 20.8 Å². The molecule has 0 bridgehead atoms. The van der Waals surface area contributed by atoms with Crippen molar-refractivity contribution in [2.45, 2.75) is 33.7 Å². The number of esters is 2. The van der Waals surface area contributed by atoms with Crippen LogP contribution in [0.2, 0.25) is 0 Å². The van der Waals surface area contributed by atoms with Crippen LogP contribution < -0.4 is 5.32 Å². The molecule has 0 aromatic carbocycles. The van der Waals surface area contributed by atoms with Crippen LogP contribution in [0.3, 0.4) is 0 Å². The predicted octanol–water partition coefficient (Wildman–Crippen LogP) is 1.89. The van der Waals surface area contributed by atoms with Gasteiger partial charge in [-0.3, -0.25) is 4.79 Å². The van der Waals surface area contributed by atoms with Gasteiger partial charge in [0.25, 0.3) is 0 Å². The van der Waals surface area contributed by atoms with Crippen LogP contribution in [-0.2, 0) is 14.3 Å². The molecule has 0 spiro atoms. The van der Waals surface area contributed by atoms with Crippen molar-refractivity contribution in [3.8, 4) is 0 Å². The van der Waals surface area contributed by atoms with Crippen molar-refractivity contribution >= 4 is 34.2 Å². The first-order chi connectivity index (χ1) is 9.90. The average Bonchev–Trinajstić information content (AvgIpc) is 2.83. The highest BCUT2D eigenvalue weighted by Gasteiger charge is 2.24. The van der Waals surface area contributed by atoms with Gasteiger partial charge in [0.15, 0.2) is 16.6 Å². The highest BCUT2D eigenvalue weighted by Crippen LogP contribution is 2.25. The van der Waals surface area contributed by atoms with Crippen LogP contribution in [0.15, 0.2) is 0 Å². The van der Waals surface area contributed by atoms with E-state index in [-0.39, 0.29) is 29.6 Å². The quantitative estimate of drug-likeness (QED) is 0.606. The second-order valence-corrected chi connectivity index (χ2v) is 5.09. The fraction of sp³-hybridized carbons (Fsp3) is 0.538. The van der Waals surface area contributed by atoms with Gasteiger partial charge in [-0.05, 0) is 20.8 Å². The fourth-order valence-corrected chi connectivity index (χ4v) is 2.41. The topological polar surface area (TPSA) is 94.6 Å².